The first-order chi connectivity index (χ1) is 12.6. The molecule has 2 aromatic rings. The normalized spacial score (nSPS) is 19.1. The fourth-order valence-electron chi connectivity index (χ4n) is 3.64. The molecule has 0 atom stereocenters. The van der Waals surface area contributed by atoms with Crippen molar-refractivity contribution in [1.29, 1.82) is 0 Å². The first-order valence-electron chi connectivity index (χ1n) is 9.29. The molecule has 2 fully saturated rings. The summed E-state index contributed by atoms with van der Waals surface area (Å²) >= 11 is 3.34. The van der Waals surface area contributed by atoms with E-state index in [0.29, 0.717) is 23.2 Å². The molecule has 26 heavy (non-hydrogen) atoms. The van der Waals surface area contributed by atoms with Crippen LogP contribution in [0.5, 0.6) is 6.01 Å². The molecule has 0 N–H and O–H groups in total. The quantitative estimate of drug-likeness (QED) is 0.732. The fraction of sp³-hybridized carbons (Fsp3) is 0.579. The number of ether oxygens (including phenoxy) is 2. The van der Waals surface area contributed by atoms with Gasteiger partial charge in [-0.3, -0.25) is 0 Å². The first kappa shape index (κ1) is 17.9. The second kappa shape index (κ2) is 7.64. The van der Waals surface area contributed by atoms with E-state index >= 15 is 0 Å². The third-order valence-electron chi connectivity index (χ3n) is 5.11. The molecular weight excluding hydrogens is 401 g/mol. The van der Waals surface area contributed by atoms with E-state index < -0.39 is 0 Å². The van der Waals surface area contributed by atoms with Crippen molar-refractivity contribution in [3.63, 3.8) is 0 Å². The van der Waals surface area contributed by atoms with Crippen molar-refractivity contribution in [1.82, 2.24) is 9.97 Å². The smallest absolute Gasteiger partial charge is 0.319 e. The minimum absolute atomic E-state index is 0.0207. The SMILES string of the molecule is Cc1cc2c(N3CCCCC3)nc(OC3CCOCC3)nc2c(F)c1Br. The molecule has 2 aliphatic heterocycles. The van der Waals surface area contributed by atoms with Crippen molar-refractivity contribution < 1.29 is 13.9 Å². The minimum atomic E-state index is -0.350. The zero-order chi connectivity index (χ0) is 18.1. The molecule has 0 saturated carbocycles. The molecule has 0 amide bonds. The molecule has 5 nitrogen and oxygen atoms in total. The number of piperidine rings is 1. The van der Waals surface area contributed by atoms with E-state index in [4.69, 9.17) is 14.5 Å². The third kappa shape index (κ3) is 3.51. The van der Waals surface area contributed by atoms with Crippen molar-refractivity contribution in [2.45, 2.75) is 45.1 Å². The Hall–Kier alpha value is -1.47. The molecule has 0 radical (unpaired) electrons. The lowest BCUT2D eigenvalue weighted by Crippen LogP contribution is -2.31. The Morgan fingerprint density at radius 2 is 1.92 bits per heavy atom. The maximum atomic E-state index is 14.9. The van der Waals surface area contributed by atoms with Crippen molar-refractivity contribution in [2.75, 3.05) is 31.2 Å². The van der Waals surface area contributed by atoms with E-state index in [1.807, 2.05) is 13.0 Å². The van der Waals surface area contributed by atoms with Gasteiger partial charge in [0.2, 0.25) is 0 Å². The minimum Gasteiger partial charge on any atom is -0.460 e. The molecule has 1 aromatic heterocycles. The summed E-state index contributed by atoms with van der Waals surface area (Å²) in [6.07, 6.45) is 5.11. The molecule has 2 aliphatic rings. The van der Waals surface area contributed by atoms with Crippen LogP contribution in [0.2, 0.25) is 0 Å². The second-order valence-electron chi connectivity index (χ2n) is 7.02. The number of aromatic nitrogens is 2. The predicted octanol–water partition coefficient (Wildman–Crippen LogP) is 4.39. The molecule has 7 heteroatoms. The lowest BCUT2D eigenvalue weighted by Gasteiger charge is -2.29. The Labute approximate surface area is 161 Å². The van der Waals surface area contributed by atoms with Crippen LogP contribution in [0.1, 0.15) is 37.7 Å². The van der Waals surface area contributed by atoms with Crippen LogP contribution in [0.4, 0.5) is 10.2 Å². The van der Waals surface area contributed by atoms with Gasteiger partial charge in [0.1, 0.15) is 17.4 Å². The maximum Gasteiger partial charge on any atom is 0.319 e. The van der Waals surface area contributed by atoms with E-state index in [-0.39, 0.29) is 17.9 Å². The van der Waals surface area contributed by atoms with Gasteiger partial charge in [-0.25, -0.2) is 4.39 Å². The summed E-state index contributed by atoms with van der Waals surface area (Å²) in [4.78, 5) is 11.4. The molecule has 2 saturated heterocycles. The second-order valence-corrected chi connectivity index (χ2v) is 7.82. The van der Waals surface area contributed by atoms with Crippen LogP contribution < -0.4 is 9.64 Å². The van der Waals surface area contributed by atoms with Crippen LogP contribution >= 0.6 is 15.9 Å². The van der Waals surface area contributed by atoms with E-state index in [1.54, 1.807) is 0 Å². The maximum absolute atomic E-state index is 14.9. The van der Waals surface area contributed by atoms with E-state index in [0.717, 1.165) is 55.5 Å². The lowest BCUT2D eigenvalue weighted by atomic mass is 10.1. The summed E-state index contributed by atoms with van der Waals surface area (Å²) in [5.74, 6) is 0.434. The number of aryl methyl sites for hydroxylation is 1. The summed E-state index contributed by atoms with van der Waals surface area (Å²) < 4.78 is 26.8. The largest absolute Gasteiger partial charge is 0.460 e. The Balaban J connectivity index is 1.79. The number of halogens is 2. The zero-order valence-electron chi connectivity index (χ0n) is 14.9. The average molecular weight is 424 g/mol. The first-order valence-corrected chi connectivity index (χ1v) is 10.1. The predicted molar refractivity (Wildman–Crippen MR) is 102 cm³/mol. The fourth-order valence-corrected chi connectivity index (χ4v) is 3.94. The van der Waals surface area contributed by atoms with Gasteiger partial charge in [0.25, 0.3) is 0 Å². The lowest BCUT2D eigenvalue weighted by molar-refractivity contribution is 0.0219. The van der Waals surface area contributed by atoms with Gasteiger partial charge in [-0.15, -0.1) is 0 Å². The Morgan fingerprint density at radius 3 is 2.65 bits per heavy atom. The summed E-state index contributed by atoms with van der Waals surface area (Å²) in [5, 5.41) is 0.754. The van der Waals surface area contributed by atoms with Gasteiger partial charge < -0.3 is 14.4 Å². The van der Waals surface area contributed by atoms with E-state index in [9.17, 15) is 4.39 Å². The number of nitrogens with zero attached hydrogens (tertiary/aromatic N) is 3. The molecule has 0 unspecified atom stereocenters. The average Bonchev–Trinajstić information content (AvgIpc) is 2.68. The standard InChI is InChI=1S/C19H23BrFN3O2/c1-12-11-14-17(16(21)15(12)20)22-19(26-13-5-9-25-10-6-13)23-18(14)24-7-3-2-4-8-24/h11,13H,2-10H2,1H3. The Bertz CT molecular complexity index is 805. The number of anilines is 1. The number of hydrogen-bond acceptors (Lipinski definition) is 5. The molecule has 4 rings (SSSR count). The van der Waals surface area contributed by atoms with Crippen LogP contribution in [-0.2, 0) is 4.74 Å². The summed E-state index contributed by atoms with van der Waals surface area (Å²) in [6, 6.07) is 2.23. The summed E-state index contributed by atoms with van der Waals surface area (Å²) in [6.45, 7) is 5.10. The van der Waals surface area contributed by atoms with Crippen molar-refractivity contribution in [3.8, 4) is 6.01 Å². The number of benzene rings is 1. The van der Waals surface area contributed by atoms with Gasteiger partial charge in [-0.2, -0.15) is 9.97 Å². The Morgan fingerprint density at radius 1 is 1.19 bits per heavy atom. The van der Waals surface area contributed by atoms with Gasteiger partial charge in [0.05, 0.1) is 17.7 Å². The number of fused-ring (bicyclic) bond motifs is 1. The molecule has 3 heterocycles. The van der Waals surface area contributed by atoms with Crippen molar-refractivity contribution >= 4 is 32.7 Å². The van der Waals surface area contributed by atoms with E-state index in [1.165, 1.54) is 6.42 Å². The topological polar surface area (TPSA) is 47.5 Å². The highest BCUT2D eigenvalue weighted by Crippen LogP contribution is 2.35. The molecule has 0 spiro atoms. The highest BCUT2D eigenvalue weighted by Gasteiger charge is 2.23. The van der Waals surface area contributed by atoms with Gasteiger partial charge in [0.15, 0.2) is 5.82 Å². The monoisotopic (exact) mass is 423 g/mol. The molecule has 0 bridgehead atoms. The Kier molecular flexibility index (Phi) is 5.27. The molecular formula is C19H23BrFN3O2. The van der Waals surface area contributed by atoms with Gasteiger partial charge in [0, 0.05) is 31.3 Å². The van der Waals surface area contributed by atoms with Crippen LogP contribution in [0.15, 0.2) is 10.5 Å². The van der Waals surface area contributed by atoms with Gasteiger partial charge >= 0.3 is 6.01 Å². The number of hydrogen-bond donors (Lipinski definition) is 0. The van der Waals surface area contributed by atoms with Crippen LogP contribution in [0.3, 0.4) is 0 Å². The van der Waals surface area contributed by atoms with Crippen molar-refractivity contribution in [2.24, 2.45) is 0 Å². The van der Waals surface area contributed by atoms with E-state index in [2.05, 4.69) is 25.8 Å². The molecule has 140 valence electrons. The highest BCUT2D eigenvalue weighted by atomic mass is 79.9. The van der Waals surface area contributed by atoms with Crippen LogP contribution in [0.25, 0.3) is 10.9 Å². The van der Waals surface area contributed by atoms with Crippen LogP contribution in [0, 0.1) is 12.7 Å². The summed E-state index contributed by atoms with van der Waals surface area (Å²) in [5.41, 5.74) is 1.16. The van der Waals surface area contributed by atoms with Gasteiger partial charge in [-0.05, 0) is 53.7 Å². The molecule has 0 aliphatic carbocycles. The summed E-state index contributed by atoms with van der Waals surface area (Å²) in [7, 11) is 0. The third-order valence-corrected chi connectivity index (χ3v) is 6.08. The van der Waals surface area contributed by atoms with Gasteiger partial charge in [-0.1, -0.05) is 0 Å². The molecule has 1 aromatic carbocycles. The highest BCUT2D eigenvalue weighted by molar-refractivity contribution is 9.10. The zero-order valence-corrected chi connectivity index (χ0v) is 16.5. The number of rotatable bonds is 3. The van der Waals surface area contributed by atoms with Crippen LogP contribution in [-0.4, -0.2) is 42.4 Å². The van der Waals surface area contributed by atoms with Crippen molar-refractivity contribution in [3.05, 3.63) is 21.9 Å².